The fraction of sp³-hybridized carbons (Fsp3) is 0.500. The van der Waals surface area contributed by atoms with Crippen LogP contribution in [0.5, 0.6) is 0 Å². The summed E-state index contributed by atoms with van der Waals surface area (Å²) in [5.41, 5.74) is 0.582. The molecule has 1 aromatic rings. The van der Waals surface area contributed by atoms with Gasteiger partial charge in [-0.25, -0.2) is 4.98 Å². The van der Waals surface area contributed by atoms with Crippen molar-refractivity contribution < 1.29 is 4.79 Å². The first kappa shape index (κ1) is 13.2. The zero-order chi connectivity index (χ0) is 12.1. The predicted molar refractivity (Wildman–Crippen MR) is 68.3 cm³/mol. The smallest absolute Gasteiger partial charge is 0.254 e. The Bertz CT molecular complexity index is 366. The van der Waals surface area contributed by atoms with Crippen LogP contribution >= 0.6 is 15.9 Å². The molecular weight excluding hydrogens is 268 g/mol. The molecule has 1 amide bonds. The van der Waals surface area contributed by atoms with Gasteiger partial charge in [-0.15, -0.1) is 0 Å². The van der Waals surface area contributed by atoms with Gasteiger partial charge in [0.25, 0.3) is 5.91 Å². The van der Waals surface area contributed by atoms with E-state index in [1.807, 2.05) is 0 Å². The van der Waals surface area contributed by atoms with Gasteiger partial charge in [0.05, 0.1) is 5.56 Å². The number of hydrogen-bond donors (Lipinski definition) is 1. The number of hydrogen-bond acceptors (Lipinski definition) is 2. The minimum Gasteiger partial charge on any atom is -0.352 e. The lowest BCUT2D eigenvalue weighted by molar-refractivity contribution is 0.0943. The van der Waals surface area contributed by atoms with Crippen LogP contribution in [0, 0.1) is 11.8 Å². The van der Waals surface area contributed by atoms with E-state index in [4.69, 9.17) is 0 Å². The van der Waals surface area contributed by atoms with E-state index in [9.17, 15) is 4.79 Å². The molecule has 1 unspecified atom stereocenters. The summed E-state index contributed by atoms with van der Waals surface area (Å²) in [6.45, 7) is 7.12. The van der Waals surface area contributed by atoms with Crippen LogP contribution in [0.1, 0.15) is 31.1 Å². The fourth-order valence-corrected chi connectivity index (χ4v) is 1.57. The zero-order valence-corrected chi connectivity index (χ0v) is 11.4. The van der Waals surface area contributed by atoms with E-state index >= 15 is 0 Å². The normalized spacial score (nSPS) is 12.6. The Morgan fingerprint density at radius 2 is 2.19 bits per heavy atom. The Balaban J connectivity index is 2.57. The maximum Gasteiger partial charge on any atom is 0.254 e. The third-order valence-corrected chi connectivity index (χ3v) is 3.36. The molecule has 0 fully saturated rings. The second kappa shape index (κ2) is 5.99. The summed E-state index contributed by atoms with van der Waals surface area (Å²) in [6, 6.07) is 3.51. The van der Waals surface area contributed by atoms with Crippen LogP contribution in [0.3, 0.4) is 0 Å². The highest BCUT2D eigenvalue weighted by molar-refractivity contribution is 9.10. The number of pyridine rings is 1. The molecule has 1 N–H and O–H groups in total. The SMILES string of the molecule is CC(C)C(C)CNC(=O)c1cccnc1Br. The van der Waals surface area contributed by atoms with Crippen molar-refractivity contribution in [3.8, 4) is 0 Å². The van der Waals surface area contributed by atoms with Gasteiger partial charge in [0.15, 0.2) is 0 Å². The van der Waals surface area contributed by atoms with Gasteiger partial charge < -0.3 is 5.32 Å². The molecule has 0 aliphatic rings. The quantitative estimate of drug-likeness (QED) is 0.864. The molecule has 0 spiro atoms. The van der Waals surface area contributed by atoms with E-state index in [2.05, 4.69) is 47.0 Å². The van der Waals surface area contributed by atoms with Crippen LogP contribution in [0.4, 0.5) is 0 Å². The summed E-state index contributed by atoms with van der Waals surface area (Å²) in [5, 5.41) is 2.91. The predicted octanol–water partition coefficient (Wildman–Crippen LogP) is 2.87. The van der Waals surface area contributed by atoms with Gasteiger partial charge in [-0.05, 0) is 39.9 Å². The third-order valence-electron chi connectivity index (χ3n) is 2.73. The molecule has 0 aromatic carbocycles. The van der Waals surface area contributed by atoms with Gasteiger partial charge in [0, 0.05) is 12.7 Å². The van der Waals surface area contributed by atoms with Crippen molar-refractivity contribution in [3.05, 3.63) is 28.5 Å². The van der Waals surface area contributed by atoms with Gasteiger partial charge in [-0.1, -0.05) is 20.8 Å². The van der Waals surface area contributed by atoms with Crippen LogP contribution in [0.2, 0.25) is 0 Å². The molecule has 1 heterocycles. The number of nitrogens with one attached hydrogen (secondary N) is 1. The number of nitrogens with zero attached hydrogens (tertiary/aromatic N) is 1. The highest BCUT2D eigenvalue weighted by Crippen LogP contribution is 2.13. The topological polar surface area (TPSA) is 42.0 Å². The van der Waals surface area contributed by atoms with Gasteiger partial charge in [-0.2, -0.15) is 0 Å². The molecule has 0 radical (unpaired) electrons. The van der Waals surface area contributed by atoms with Crippen molar-refractivity contribution >= 4 is 21.8 Å². The van der Waals surface area contributed by atoms with E-state index in [1.54, 1.807) is 18.3 Å². The molecule has 16 heavy (non-hydrogen) atoms. The van der Waals surface area contributed by atoms with E-state index in [-0.39, 0.29) is 5.91 Å². The number of carbonyl (C=O) groups is 1. The average molecular weight is 285 g/mol. The fourth-order valence-electron chi connectivity index (χ4n) is 1.14. The molecule has 0 saturated heterocycles. The molecule has 3 nitrogen and oxygen atoms in total. The van der Waals surface area contributed by atoms with Crippen molar-refractivity contribution in [2.24, 2.45) is 11.8 Å². The van der Waals surface area contributed by atoms with Crippen LogP contribution in [0.25, 0.3) is 0 Å². The summed E-state index contributed by atoms with van der Waals surface area (Å²) in [5.74, 6) is 0.963. The lowest BCUT2D eigenvalue weighted by Gasteiger charge is -2.16. The van der Waals surface area contributed by atoms with E-state index in [0.717, 1.165) is 0 Å². The highest BCUT2D eigenvalue weighted by Gasteiger charge is 2.12. The Morgan fingerprint density at radius 1 is 1.50 bits per heavy atom. The van der Waals surface area contributed by atoms with Gasteiger partial charge in [-0.3, -0.25) is 4.79 Å². The Kier molecular flexibility index (Phi) is 4.93. The van der Waals surface area contributed by atoms with Crippen molar-refractivity contribution in [2.75, 3.05) is 6.54 Å². The number of carbonyl (C=O) groups excluding carboxylic acids is 1. The molecule has 4 heteroatoms. The van der Waals surface area contributed by atoms with Crippen LogP contribution in [-0.2, 0) is 0 Å². The molecule has 1 atom stereocenters. The van der Waals surface area contributed by atoms with Crippen molar-refractivity contribution in [2.45, 2.75) is 20.8 Å². The second-order valence-corrected chi connectivity index (χ2v) is 5.02. The number of halogens is 1. The van der Waals surface area contributed by atoms with Crippen LogP contribution < -0.4 is 5.32 Å². The summed E-state index contributed by atoms with van der Waals surface area (Å²) in [4.78, 5) is 15.8. The Morgan fingerprint density at radius 3 is 2.75 bits per heavy atom. The third kappa shape index (κ3) is 3.59. The minimum absolute atomic E-state index is 0.0764. The first-order valence-corrected chi connectivity index (χ1v) is 6.20. The maximum atomic E-state index is 11.8. The standard InChI is InChI=1S/C12H17BrN2O/c1-8(2)9(3)7-15-12(16)10-5-4-6-14-11(10)13/h4-6,8-9H,7H2,1-3H3,(H,15,16). The van der Waals surface area contributed by atoms with E-state index in [1.165, 1.54) is 0 Å². The Labute approximate surface area is 105 Å². The Hall–Kier alpha value is -0.900. The molecule has 0 bridgehead atoms. The minimum atomic E-state index is -0.0764. The average Bonchev–Trinajstić information content (AvgIpc) is 2.25. The molecule has 88 valence electrons. The summed E-state index contributed by atoms with van der Waals surface area (Å²) in [6.07, 6.45) is 1.65. The first-order valence-electron chi connectivity index (χ1n) is 5.41. The highest BCUT2D eigenvalue weighted by atomic mass is 79.9. The second-order valence-electron chi connectivity index (χ2n) is 4.27. The molecule has 1 rings (SSSR count). The molecular formula is C12H17BrN2O. The zero-order valence-electron chi connectivity index (χ0n) is 9.83. The lowest BCUT2D eigenvalue weighted by atomic mass is 9.98. The van der Waals surface area contributed by atoms with Crippen molar-refractivity contribution in [1.29, 1.82) is 0 Å². The summed E-state index contributed by atoms with van der Waals surface area (Å²) < 4.78 is 0.588. The first-order chi connectivity index (χ1) is 7.52. The summed E-state index contributed by atoms with van der Waals surface area (Å²) >= 11 is 3.26. The van der Waals surface area contributed by atoms with E-state index < -0.39 is 0 Å². The van der Waals surface area contributed by atoms with Gasteiger partial charge >= 0.3 is 0 Å². The molecule has 0 aliphatic carbocycles. The van der Waals surface area contributed by atoms with Gasteiger partial charge in [0.2, 0.25) is 0 Å². The maximum absolute atomic E-state index is 11.8. The molecule has 0 saturated carbocycles. The van der Waals surface area contributed by atoms with Crippen molar-refractivity contribution in [3.63, 3.8) is 0 Å². The van der Waals surface area contributed by atoms with E-state index in [0.29, 0.717) is 28.5 Å². The van der Waals surface area contributed by atoms with Crippen LogP contribution in [0.15, 0.2) is 22.9 Å². The number of rotatable bonds is 4. The monoisotopic (exact) mass is 284 g/mol. The largest absolute Gasteiger partial charge is 0.352 e. The summed E-state index contributed by atoms with van der Waals surface area (Å²) in [7, 11) is 0. The molecule has 0 aliphatic heterocycles. The van der Waals surface area contributed by atoms with Crippen LogP contribution in [-0.4, -0.2) is 17.4 Å². The van der Waals surface area contributed by atoms with Gasteiger partial charge in [0.1, 0.15) is 4.60 Å². The number of amides is 1. The lowest BCUT2D eigenvalue weighted by Crippen LogP contribution is -2.30. The van der Waals surface area contributed by atoms with Crippen molar-refractivity contribution in [1.82, 2.24) is 10.3 Å². The number of aromatic nitrogens is 1. The molecule has 1 aromatic heterocycles.